The van der Waals surface area contributed by atoms with E-state index in [9.17, 15) is 23.8 Å². The van der Waals surface area contributed by atoms with Gasteiger partial charge in [0.25, 0.3) is 0 Å². The van der Waals surface area contributed by atoms with Crippen LogP contribution < -0.4 is 10.6 Å². The van der Waals surface area contributed by atoms with Gasteiger partial charge in [-0.3, -0.25) is 4.79 Å². The van der Waals surface area contributed by atoms with E-state index in [-0.39, 0.29) is 31.5 Å². The summed E-state index contributed by atoms with van der Waals surface area (Å²) in [7, 11) is 0. The number of rotatable bonds is 11. The highest BCUT2D eigenvalue weighted by molar-refractivity contribution is 5.73. The number of aliphatic hydroxyl groups excluding tert-OH is 2. The molecule has 1 amide bonds. The third-order valence-corrected chi connectivity index (χ3v) is 4.98. The van der Waals surface area contributed by atoms with Crippen LogP contribution in [0, 0.1) is 11.6 Å². The van der Waals surface area contributed by atoms with Gasteiger partial charge >= 0.3 is 0 Å². The third kappa shape index (κ3) is 7.48. The molecule has 3 atom stereocenters. The lowest BCUT2D eigenvalue weighted by molar-refractivity contribution is -0.120. The molecule has 164 valence electrons. The maximum atomic E-state index is 13.5. The summed E-state index contributed by atoms with van der Waals surface area (Å²) in [5, 5.41) is 26.0. The lowest BCUT2D eigenvalue weighted by Gasteiger charge is -2.27. The van der Waals surface area contributed by atoms with Gasteiger partial charge in [-0.1, -0.05) is 31.2 Å². The second-order valence-corrected chi connectivity index (χ2v) is 7.43. The molecule has 0 aromatic heterocycles. The highest BCUT2D eigenvalue weighted by Crippen LogP contribution is 2.19. The quantitative estimate of drug-likeness (QED) is 0.451. The first-order chi connectivity index (χ1) is 14.3. The summed E-state index contributed by atoms with van der Waals surface area (Å²) >= 11 is 0. The lowest BCUT2D eigenvalue weighted by atomic mass is 9.98. The Bertz CT molecular complexity index is 812. The monoisotopic (exact) mass is 420 g/mol. The molecule has 0 aliphatic rings. The average Bonchev–Trinajstić information content (AvgIpc) is 2.69. The molecule has 2 aromatic rings. The molecule has 0 radical (unpaired) electrons. The molecular formula is C23H30F2N2O3. The molecule has 0 saturated carbocycles. The Morgan fingerprint density at radius 2 is 1.80 bits per heavy atom. The Kier molecular flexibility index (Phi) is 9.36. The Morgan fingerprint density at radius 1 is 1.10 bits per heavy atom. The van der Waals surface area contributed by atoms with E-state index >= 15 is 0 Å². The van der Waals surface area contributed by atoms with E-state index in [0.29, 0.717) is 12.0 Å². The van der Waals surface area contributed by atoms with Crippen LogP contribution in [0.4, 0.5) is 8.78 Å². The number of aliphatic hydroxyl groups is 2. The molecule has 4 N–H and O–H groups in total. The molecule has 0 fully saturated rings. The highest BCUT2D eigenvalue weighted by atomic mass is 19.1. The zero-order valence-corrected chi connectivity index (χ0v) is 17.4. The van der Waals surface area contributed by atoms with Gasteiger partial charge in [0, 0.05) is 32.2 Å². The summed E-state index contributed by atoms with van der Waals surface area (Å²) in [6, 6.07) is 10.2. The van der Waals surface area contributed by atoms with Crippen LogP contribution in [0.1, 0.15) is 43.0 Å². The molecular weight excluding hydrogens is 390 g/mol. The Labute approximate surface area is 176 Å². The number of hydrogen-bond donors (Lipinski definition) is 4. The van der Waals surface area contributed by atoms with E-state index in [1.807, 2.05) is 18.2 Å². The van der Waals surface area contributed by atoms with Crippen LogP contribution in [-0.4, -0.2) is 41.4 Å². The maximum absolute atomic E-state index is 13.5. The number of carbonyl (C=O) groups excluding carboxylic acids is 1. The first kappa shape index (κ1) is 23.9. The number of amides is 1. The van der Waals surface area contributed by atoms with Gasteiger partial charge in [0.15, 0.2) is 0 Å². The second kappa shape index (κ2) is 11.7. The van der Waals surface area contributed by atoms with Crippen LogP contribution in [0.5, 0.6) is 0 Å². The second-order valence-electron chi connectivity index (χ2n) is 7.43. The van der Waals surface area contributed by atoms with Crippen LogP contribution in [0.15, 0.2) is 42.5 Å². The van der Waals surface area contributed by atoms with Crippen molar-refractivity contribution in [3.63, 3.8) is 0 Å². The van der Waals surface area contributed by atoms with Crippen LogP contribution in [0.3, 0.4) is 0 Å². The lowest BCUT2D eigenvalue weighted by Crippen LogP contribution is -2.48. The normalized spacial score (nSPS) is 14.2. The maximum Gasteiger partial charge on any atom is 0.217 e. The van der Waals surface area contributed by atoms with Crippen molar-refractivity contribution in [1.29, 1.82) is 0 Å². The largest absolute Gasteiger partial charge is 0.396 e. The molecule has 0 aliphatic heterocycles. The van der Waals surface area contributed by atoms with Crippen molar-refractivity contribution >= 4 is 5.91 Å². The van der Waals surface area contributed by atoms with E-state index in [1.165, 1.54) is 24.6 Å². The van der Waals surface area contributed by atoms with Crippen LogP contribution in [0.25, 0.3) is 0 Å². The number of aryl methyl sites for hydroxylation is 1. The fourth-order valence-corrected chi connectivity index (χ4v) is 3.48. The number of nitrogens with one attached hydrogen (secondary N) is 2. The van der Waals surface area contributed by atoms with E-state index in [1.54, 1.807) is 0 Å². The van der Waals surface area contributed by atoms with Crippen molar-refractivity contribution in [3.05, 3.63) is 70.8 Å². The Balaban J connectivity index is 2.10. The van der Waals surface area contributed by atoms with Crippen molar-refractivity contribution in [2.75, 3.05) is 13.2 Å². The summed E-state index contributed by atoms with van der Waals surface area (Å²) in [5.74, 6) is -1.77. The summed E-state index contributed by atoms with van der Waals surface area (Å²) in [4.78, 5) is 11.6. The minimum absolute atomic E-state index is 0.0260. The fourth-order valence-electron chi connectivity index (χ4n) is 3.48. The van der Waals surface area contributed by atoms with Gasteiger partial charge in [-0.05, 0) is 48.1 Å². The minimum atomic E-state index is -1.00. The summed E-state index contributed by atoms with van der Waals surface area (Å²) in [6.07, 6.45) is 0.417. The van der Waals surface area contributed by atoms with E-state index in [0.717, 1.165) is 18.1 Å². The van der Waals surface area contributed by atoms with E-state index in [2.05, 4.69) is 23.6 Å². The molecule has 0 spiro atoms. The summed E-state index contributed by atoms with van der Waals surface area (Å²) < 4.78 is 27.0. The number of carbonyl (C=O) groups is 1. The van der Waals surface area contributed by atoms with E-state index < -0.39 is 23.8 Å². The first-order valence-corrected chi connectivity index (χ1v) is 10.2. The van der Waals surface area contributed by atoms with Crippen molar-refractivity contribution in [3.8, 4) is 0 Å². The van der Waals surface area contributed by atoms with Crippen molar-refractivity contribution < 1.29 is 23.8 Å². The third-order valence-electron chi connectivity index (χ3n) is 4.98. The van der Waals surface area contributed by atoms with Crippen molar-refractivity contribution in [2.24, 2.45) is 0 Å². The Hall–Kier alpha value is -2.35. The van der Waals surface area contributed by atoms with E-state index in [4.69, 9.17) is 0 Å². The molecule has 7 heteroatoms. The SMILES string of the molecule is CCc1cccc(C(CCO)NC[C@@H](O)[C@H](Cc2cc(F)cc(F)c2)NC(C)=O)c1. The van der Waals surface area contributed by atoms with Gasteiger partial charge in [0.1, 0.15) is 11.6 Å². The topological polar surface area (TPSA) is 81.6 Å². The zero-order chi connectivity index (χ0) is 22.1. The van der Waals surface area contributed by atoms with Crippen LogP contribution in [0.2, 0.25) is 0 Å². The molecule has 0 saturated heterocycles. The van der Waals surface area contributed by atoms with Gasteiger partial charge in [-0.15, -0.1) is 0 Å². The van der Waals surface area contributed by atoms with Crippen molar-refractivity contribution in [1.82, 2.24) is 10.6 Å². The smallest absolute Gasteiger partial charge is 0.217 e. The molecule has 1 unspecified atom stereocenters. The predicted octanol–water partition coefficient (Wildman–Crippen LogP) is 2.65. The van der Waals surface area contributed by atoms with Crippen LogP contribution >= 0.6 is 0 Å². The Morgan fingerprint density at radius 3 is 2.40 bits per heavy atom. The van der Waals surface area contributed by atoms with Gasteiger partial charge in [-0.25, -0.2) is 8.78 Å². The standard InChI is InChI=1S/C23H30F2N2O3/c1-3-16-5-4-6-18(9-16)21(7-8-28)26-14-23(30)22(27-15(2)29)12-17-10-19(24)13-20(25)11-17/h4-6,9-11,13,21-23,26,28,30H,3,7-8,12,14H2,1-2H3,(H,27,29)/t21?,22-,23+/m0/s1. The first-order valence-electron chi connectivity index (χ1n) is 10.2. The van der Waals surface area contributed by atoms with Crippen LogP contribution in [-0.2, 0) is 17.6 Å². The molecule has 2 rings (SSSR count). The molecule has 0 heterocycles. The zero-order valence-electron chi connectivity index (χ0n) is 17.4. The van der Waals surface area contributed by atoms with Gasteiger partial charge in [-0.2, -0.15) is 0 Å². The number of hydrogen-bond acceptors (Lipinski definition) is 4. The number of benzene rings is 2. The predicted molar refractivity (Wildman–Crippen MR) is 112 cm³/mol. The molecule has 0 aliphatic carbocycles. The average molecular weight is 421 g/mol. The van der Waals surface area contributed by atoms with Gasteiger partial charge in [0.2, 0.25) is 5.91 Å². The summed E-state index contributed by atoms with van der Waals surface area (Å²) in [5.41, 5.74) is 2.51. The molecule has 0 bridgehead atoms. The molecule has 30 heavy (non-hydrogen) atoms. The summed E-state index contributed by atoms with van der Waals surface area (Å²) in [6.45, 7) is 3.49. The molecule has 2 aromatic carbocycles. The fraction of sp³-hybridized carbons (Fsp3) is 0.435. The highest BCUT2D eigenvalue weighted by Gasteiger charge is 2.23. The minimum Gasteiger partial charge on any atom is -0.396 e. The number of halogens is 2. The van der Waals surface area contributed by atoms with Gasteiger partial charge in [0.05, 0.1) is 12.1 Å². The molecule has 5 nitrogen and oxygen atoms in total. The van der Waals surface area contributed by atoms with Gasteiger partial charge < -0.3 is 20.8 Å². The van der Waals surface area contributed by atoms with Crippen molar-refractivity contribution in [2.45, 2.75) is 51.3 Å².